The average Bonchev–Trinajstić information content (AvgIpc) is 1.81. The van der Waals surface area contributed by atoms with Crippen molar-refractivity contribution in [1.82, 2.24) is 9.80 Å². The smallest absolute Gasteiger partial charge is 0.0472 e. The predicted molar refractivity (Wildman–Crippen MR) is 46.7 cm³/mol. The highest BCUT2D eigenvalue weighted by molar-refractivity contribution is 5.09. The Morgan fingerprint density at radius 2 is 1.91 bits per heavy atom. The Bertz CT molecular complexity index is 159. The van der Waals surface area contributed by atoms with E-state index in [-0.39, 0.29) is 0 Å². The molecule has 0 atom stereocenters. The van der Waals surface area contributed by atoms with E-state index in [1.807, 2.05) is 0 Å². The minimum atomic E-state index is 0.615. The highest BCUT2D eigenvalue weighted by Crippen LogP contribution is 2.38. The summed E-state index contributed by atoms with van der Waals surface area (Å²) in [6.45, 7) is 8.49. The maximum absolute atomic E-state index is 2.55. The molecule has 0 unspecified atom stereocenters. The molecule has 2 aliphatic rings. The van der Waals surface area contributed by atoms with Crippen LogP contribution in [0, 0.1) is 0 Å². The lowest BCUT2D eigenvalue weighted by Gasteiger charge is -2.62. The summed E-state index contributed by atoms with van der Waals surface area (Å²) in [6, 6.07) is 0.745. The van der Waals surface area contributed by atoms with Gasteiger partial charge in [0.2, 0.25) is 0 Å². The van der Waals surface area contributed by atoms with E-state index < -0.39 is 0 Å². The highest BCUT2D eigenvalue weighted by atomic mass is 15.4. The predicted octanol–water partition coefficient (Wildman–Crippen LogP) is 0.785. The third kappa shape index (κ3) is 0.926. The fourth-order valence-corrected chi connectivity index (χ4v) is 2.13. The maximum atomic E-state index is 2.55. The molecule has 1 spiro atoms. The van der Waals surface area contributed by atoms with E-state index in [1.54, 1.807) is 0 Å². The molecule has 11 heavy (non-hydrogen) atoms. The van der Waals surface area contributed by atoms with Crippen molar-refractivity contribution < 1.29 is 0 Å². The molecule has 0 saturated carbocycles. The van der Waals surface area contributed by atoms with Crippen LogP contribution in [0.15, 0.2) is 0 Å². The molecule has 2 rings (SSSR count). The maximum Gasteiger partial charge on any atom is 0.0472 e. The van der Waals surface area contributed by atoms with E-state index in [0.29, 0.717) is 5.54 Å². The molecule has 2 nitrogen and oxygen atoms in total. The zero-order valence-electron chi connectivity index (χ0n) is 7.80. The molecule has 0 radical (unpaired) electrons. The molecule has 0 N–H and O–H groups in total. The topological polar surface area (TPSA) is 6.48 Å². The summed E-state index contributed by atoms with van der Waals surface area (Å²) >= 11 is 0. The third-order valence-corrected chi connectivity index (χ3v) is 3.45. The zero-order chi connectivity index (χ0) is 8.06. The average molecular weight is 154 g/mol. The Kier molecular flexibility index (Phi) is 1.52. The molecule has 2 saturated heterocycles. The van der Waals surface area contributed by atoms with Gasteiger partial charge in [-0.15, -0.1) is 0 Å². The summed E-state index contributed by atoms with van der Waals surface area (Å²) in [6.07, 6.45) is 1.42. The van der Waals surface area contributed by atoms with Crippen LogP contribution >= 0.6 is 0 Å². The fraction of sp³-hybridized carbons (Fsp3) is 1.00. The summed E-state index contributed by atoms with van der Waals surface area (Å²) in [4.78, 5) is 5.06. The molecule has 2 aliphatic heterocycles. The van der Waals surface area contributed by atoms with Gasteiger partial charge in [0.15, 0.2) is 0 Å². The van der Waals surface area contributed by atoms with Gasteiger partial charge in [-0.3, -0.25) is 9.80 Å². The quantitative estimate of drug-likeness (QED) is 0.551. The lowest BCUT2D eigenvalue weighted by Crippen LogP contribution is -2.76. The molecule has 64 valence electrons. The van der Waals surface area contributed by atoms with E-state index in [9.17, 15) is 0 Å². The molecule has 2 heterocycles. The second-order valence-electron chi connectivity index (χ2n) is 4.39. The van der Waals surface area contributed by atoms with Crippen molar-refractivity contribution in [3.05, 3.63) is 0 Å². The van der Waals surface area contributed by atoms with E-state index in [1.165, 1.54) is 26.1 Å². The number of hydrogen-bond donors (Lipinski definition) is 0. The van der Waals surface area contributed by atoms with Gasteiger partial charge in [-0.05, 0) is 27.3 Å². The largest absolute Gasteiger partial charge is 0.298 e. The summed E-state index contributed by atoms with van der Waals surface area (Å²) in [5.74, 6) is 0. The molecule has 0 aromatic heterocycles. The zero-order valence-corrected chi connectivity index (χ0v) is 7.80. The molecular weight excluding hydrogens is 136 g/mol. The molecule has 2 heteroatoms. The van der Waals surface area contributed by atoms with Crippen molar-refractivity contribution in [2.75, 3.05) is 26.7 Å². The molecule has 0 aromatic carbocycles. The van der Waals surface area contributed by atoms with Gasteiger partial charge in [-0.2, -0.15) is 0 Å². The van der Waals surface area contributed by atoms with Gasteiger partial charge in [0, 0.05) is 31.2 Å². The standard InChI is InChI=1S/C9H18N2/c1-8(2)11-6-9(7-11)4-5-10(9)3/h8H,4-7H2,1-3H3. The molecule has 0 aromatic rings. The summed E-state index contributed by atoms with van der Waals surface area (Å²) in [5.41, 5.74) is 0.615. The van der Waals surface area contributed by atoms with Crippen LogP contribution in [-0.4, -0.2) is 48.1 Å². The van der Waals surface area contributed by atoms with Crippen molar-refractivity contribution in [2.24, 2.45) is 0 Å². The van der Waals surface area contributed by atoms with Gasteiger partial charge in [-0.25, -0.2) is 0 Å². The van der Waals surface area contributed by atoms with Crippen LogP contribution in [0.5, 0.6) is 0 Å². The van der Waals surface area contributed by atoms with Gasteiger partial charge < -0.3 is 0 Å². The number of hydrogen-bond acceptors (Lipinski definition) is 2. The molecule has 0 aliphatic carbocycles. The van der Waals surface area contributed by atoms with Crippen LogP contribution in [0.2, 0.25) is 0 Å². The minimum absolute atomic E-state index is 0.615. The van der Waals surface area contributed by atoms with Crippen molar-refractivity contribution in [3.63, 3.8) is 0 Å². The Morgan fingerprint density at radius 3 is 2.18 bits per heavy atom. The van der Waals surface area contributed by atoms with Crippen molar-refractivity contribution >= 4 is 0 Å². The van der Waals surface area contributed by atoms with Crippen molar-refractivity contribution in [3.8, 4) is 0 Å². The minimum Gasteiger partial charge on any atom is -0.298 e. The Morgan fingerprint density at radius 1 is 1.27 bits per heavy atom. The monoisotopic (exact) mass is 154 g/mol. The fourth-order valence-electron chi connectivity index (χ4n) is 2.13. The van der Waals surface area contributed by atoms with Gasteiger partial charge in [-0.1, -0.05) is 0 Å². The normalized spacial score (nSPS) is 30.5. The summed E-state index contributed by atoms with van der Waals surface area (Å²) in [7, 11) is 2.25. The van der Waals surface area contributed by atoms with Gasteiger partial charge in [0.25, 0.3) is 0 Å². The first-order chi connectivity index (χ1) is 5.14. The van der Waals surface area contributed by atoms with Crippen molar-refractivity contribution in [2.45, 2.75) is 31.8 Å². The number of likely N-dealkylation sites (N-methyl/N-ethyl adjacent to an activating group) is 1. The second-order valence-corrected chi connectivity index (χ2v) is 4.39. The highest BCUT2D eigenvalue weighted by Gasteiger charge is 2.51. The summed E-state index contributed by atoms with van der Waals surface area (Å²) < 4.78 is 0. The van der Waals surface area contributed by atoms with Crippen LogP contribution in [0.3, 0.4) is 0 Å². The molecular formula is C9H18N2. The van der Waals surface area contributed by atoms with Crippen molar-refractivity contribution in [1.29, 1.82) is 0 Å². The first-order valence-corrected chi connectivity index (χ1v) is 4.59. The first kappa shape index (κ1) is 7.56. The van der Waals surface area contributed by atoms with E-state index in [4.69, 9.17) is 0 Å². The number of nitrogens with zero attached hydrogens (tertiary/aromatic N) is 2. The lowest BCUT2D eigenvalue weighted by atomic mass is 9.77. The second kappa shape index (κ2) is 2.20. The Labute approximate surface area is 69.2 Å². The first-order valence-electron chi connectivity index (χ1n) is 4.59. The van der Waals surface area contributed by atoms with Gasteiger partial charge in [0.05, 0.1) is 0 Å². The molecule has 0 bridgehead atoms. The van der Waals surface area contributed by atoms with Crippen LogP contribution in [0.4, 0.5) is 0 Å². The van der Waals surface area contributed by atoms with Gasteiger partial charge >= 0.3 is 0 Å². The van der Waals surface area contributed by atoms with Crippen LogP contribution in [0.25, 0.3) is 0 Å². The lowest BCUT2D eigenvalue weighted by molar-refractivity contribution is -0.119. The van der Waals surface area contributed by atoms with Gasteiger partial charge in [0.1, 0.15) is 0 Å². The number of likely N-dealkylation sites (tertiary alicyclic amines) is 2. The molecule has 0 amide bonds. The van der Waals surface area contributed by atoms with E-state index in [0.717, 1.165) is 6.04 Å². The molecule has 2 fully saturated rings. The van der Waals surface area contributed by atoms with Crippen LogP contribution in [0.1, 0.15) is 20.3 Å². The SMILES string of the molecule is CC(C)N1CC2(CCN2C)C1. The van der Waals surface area contributed by atoms with Crippen LogP contribution in [-0.2, 0) is 0 Å². The Hall–Kier alpha value is -0.0800. The Balaban J connectivity index is 1.87. The summed E-state index contributed by atoms with van der Waals surface area (Å²) in [5, 5.41) is 0. The number of rotatable bonds is 1. The third-order valence-electron chi connectivity index (χ3n) is 3.45. The van der Waals surface area contributed by atoms with E-state index in [2.05, 4.69) is 30.7 Å². The van der Waals surface area contributed by atoms with E-state index >= 15 is 0 Å². The van der Waals surface area contributed by atoms with Crippen LogP contribution < -0.4 is 0 Å².